The van der Waals surface area contributed by atoms with E-state index in [4.69, 9.17) is 17.3 Å². The number of imidazole rings is 1. The number of aromatic amines is 1. The molecule has 3 aromatic rings. The Morgan fingerprint density at radius 3 is 2.56 bits per heavy atom. The zero-order valence-electron chi connectivity index (χ0n) is 9.22. The summed E-state index contributed by atoms with van der Waals surface area (Å²) in [6.07, 6.45) is 0. The second-order valence-electron chi connectivity index (χ2n) is 3.68. The van der Waals surface area contributed by atoms with Crippen molar-refractivity contribution in [3.8, 4) is 11.4 Å². The lowest BCUT2D eigenvalue weighted by Crippen LogP contribution is -1.89. The SMILES string of the molecule is Cl.Nc1cc(Cl)c2[nH]c(-c3ccccc3)nc2n1. The van der Waals surface area contributed by atoms with Crippen molar-refractivity contribution in [2.24, 2.45) is 0 Å². The first-order valence-electron chi connectivity index (χ1n) is 5.11. The highest BCUT2D eigenvalue weighted by atomic mass is 35.5. The molecule has 0 aliphatic carbocycles. The molecule has 1 aromatic carbocycles. The van der Waals surface area contributed by atoms with Crippen molar-refractivity contribution in [1.82, 2.24) is 15.0 Å². The van der Waals surface area contributed by atoms with Gasteiger partial charge in [-0.2, -0.15) is 0 Å². The van der Waals surface area contributed by atoms with Gasteiger partial charge < -0.3 is 10.7 Å². The van der Waals surface area contributed by atoms with E-state index in [0.717, 1.165) is 11.4 Å². The highest BCUT2D eigenvalue weighted by Crippen LogP contribution is 2.25. The Labute approximate surface area is 115 Å². The van der Waals surface area contributed by atoms with Crippen molar-refractivity contribution < 1.29 is 0 Å². The Kier molecular flexibility index (Phi) is 3.41. The van der Waals surface area contributed by atoms with Gasteiger partial charge in [0.05, 0.1) is 5.02 Å². The number of fused-ring (bicyclic) bond motifs is 1. The number of nitrogen functional groups attached to an aromatic ring is 1. The fourth-order valence-corrected chi connectivity index (χ4v) is 1.94. The molecule has 0 aliphatic rings. The minimum absolute atomic E-state index is 0. The average Bonchev–Trinajstić information content (AvgIpc) is 2.74. The van der Waals surface area contributed by atoms with Gasteiger partial charge in [0.1, 0.15) is 17.2 Å². The van der Waals surface area contributed by atoms with Crippen LogP contribution < -0.4 is 5.73 Å². The quantitative estimate of drug-likeness (QED) is 0.719. The maximum atomic E-state index is 6.07. The van der Waals surface area contributed by atoms with Crippen LogP contribution in [0.2, 0.25) is 5.02 Å². The van der Waals surface area contributed by atoms with Gasteiger partial charge in [0.25, 0.3) is 0 Å². The van der Waals surface area contributed by atoms with Crippen molar-refractivity contribution in [1.29, 1.82) is 0 Å². The summed E-state index contributed by atoms with van der Waals surface area (Å²) in [7, 11) is 0. The van der Waals surface area contributed by atoms with E-state index in [1.807, 2.05) is 30.3 Å². The molecule has 0 bridgehead atoms. The second-order valence-corrected chi connectivity index (χ2v) is 4.09. The predicted octanol–water partition coefficient (Wildman–Crippen LogP) is 3.28. The summed E-state index contributed by atoms with van der Waals surface area (Å²) in [4.78, 5) is 11.7. The molecular formula is C12H10Cl2N4. The lowest BCUT2D eigenvalue weighted by atomic mass is 10.2. The summed E-state index contributed by atoms with van der Waals surface area (Å²) >= 11 is 6.07. The first-order chi connectivity index (χ1) is 8.24. The Morgan fingerprint density at radius 2 is 1.83 bits per heavy atom. The van der Waals surface area contributed by atoms with E-state index in [9.17, 15) is 0 Å². The molecule has 0 unspecified atom stereocenters. The van der Waals surface area contributed by atoms with Crippen molar-refractivity contribution in [3.05, 3.63) is 41.4 Å². The third-order valence-electron chi connectivity index (χ3n) is 2.48. The Bertz CT molecular complexity index is 679. The van der Waals surface area contributed by atoms with Gasteiger partial charge in [0.15, 0.2) is 5.65 Å². The van der Waals surface area contributed by atoms with Crippen LogP contribution in [0.5, 0.6) is 0 Å². The van der Waals surface area contributed by atoms with Crippen LogP contribution in [0.1, 0.15) is 0 Å². The number of benzene rings is 1. The summed E-state index contributed by atoms with van der Waals surface area (Å²) in [5.41, 5.74) is 7.85. The average molecular weight is 281 g/mol. The number of hydrogen-bond acceptors (Lipinski definition) is 3. The van der Waals surface area contributed by atoms with Gasteiger partial charge in [-0.1, -0.05) is 41.9 Å². The van der Waals surface area contributed by atoms with Gasteiger partial charge in [0, 0.05) is 11.6 Å². The summed E-state index contributed by atoms with van der Waals surface area (Å²) in [6.45, 7) is 0. The van der Waals surface area contributed by atoms with Crippen LogP contribution in [0.3, 0.4) is 0 Å². The minimum Gasteiger partial charge on any atom is -0.384 e. The van der Waals surface area contributed by atoms with E-state index < -0.39 is 0 Å². The molecular weight excluding hydrogens is 271 g/mol. The smallest absolute Gasteiger partial charge is 0.181 e. The van der Waals surface area contributed by atoms with Gasteiger partial charge in [-0.25, -0.2) is 9.97 Å². The van der Waals surface area contributed by atoms with Crippen LogP contribution in [0.4, 0.5) is 5.82 Å². The first-order valence-corrected chi connectivity index (χ1v) is 5.49. The number of pyridine rings is 1. The second kappa shape index (κ2) is 4.84. The van der Waals surface area contributed by atoms with Crippen LogP contribution in [0.25, 0.3) is 22.6 Å². The highest BCUT2D eigenvalue weighted by Gasteiger charge is 2.09. The molecule has 92 valence electrons. The van der Waals surface area contributed by atoms with Crippen LogP contribution in [0.15, 0.2) is 36.4 Å². The monoisotopic (exact) mass is 280 g/mol. The molecule has 18 heavy (non-hydrogen) atoms. The van der Waals surface area contributed by atoms with Gasteiger partial charge in [-0.15, -0.1) is 12.4 Å². The lowest BCUT2D eigenvalue weighted by molar-refractivity contribution is 1.30. The molecule has 0 atom stereocenters. The van der Waals surface area contributed by atoms with Gasteiger partial charge in [0.2, 0.25) is 0 Å². The molecule has 0 amide bonds. The molecule has 0 saturated heterocycles. The first kappa shape index (κ1) is 12.7. The number of aromatic nitrogens is 3. The van der Waals surface area contributed by atoms with Crippen molar-refractivity contribution in [2.45, 2.75) is 0 Å². The van der Waals surface area contributed by atoms with E-state index in [0.29, 0.717) is 22.0 Å². The lowest BCUT2D eigenvalue weighted by Gasteiger charge is -1.94. The summed E-state index contributed by atoms with van der Waals surface area (Å²) < 4.78 is 0. The molecule has 6 heteroatoms. The number of nitrogens with one attached hydrogen (secondary N) is 1. The predicted molar refractivity (Wildman–Crippen MR) is 76.0 cm³/mol. The zero-order valence-corrected chi connectivity index (χ0v) is 10.8. The van der Waals surface area contributed by atoms with E-state index in [1.54, 1.807) is 6.07 Å². The molecule has 0 radical (unpaired) electrons. The summed E-state index contributed by atoms with van der Waals surface area (Å²) in [5.74, 6) is 1.11. The molecule has 0 aliphatic heterocycles. The fourth-order valence-electron chi connectivity index (χ4n) is 1.70. The van der Waals surface area contributed by atoms with E-state index in [2.05, 4.69) is 15.0 Å². The maximum Gasteiger partial charge on any atom is 0.181 e. The third kappa shape index (κ3) is 2.12. The normalized spacial score (nSPS) is 10.3. The fraction of sp³-hybridized carbons (Fsp3) is 0. The number of H-pyrrole nitrogens is 1. The Hall–Kier alpha value is -1.78. The Morgan fingerprint density at radius 1 is 1.11 bits per heavy atom. The largest absolute Gasteiger partial charge is 0.384 e. The van der Waals surface area contributed by atoms with E-state index >= 15 is 0 Å². The highest BCUT2D eigenvalue weighted by molar-refractivity contribution is 6.35. The number of nitrogens with zero attached hydrogens (tertiary/aromatic N) is 2. The van der Waals surface area contributed by atoms with Gasteiger partial charge in [-0.3, -0.25) is 0 Å². The maximum absolute atomic E-state index is 6.07. The molecule has 2 heterocycles. The molecule has 2 aromatic heterocycles. The van der Waals surface area contributed by atoms with E-state index in [1.165, 1.54) is 0 Å². The van der Waals surface area contributed by atoms with Crippen LogP contribution in [-0.2, 0) is 0 Å². The number of hydrogen-bond donors (Lipinski definition) is 2. The number of rotatable bonds is 1. The summed E-state index contributed by atoms with van der Waals surface area (Å²) in [5, 5.41) is 0.530. The van der Waals surface area contributed by atoms with E-state index in [-0.39, 0.29) is 12.4 Å². The topological polar surface area (TPSA) is 67.6 Å². The molecule has 0 saturated carbocycles. The van der Waals surface area contributed by atoms with Crippen molar-refractivity contribution in [3.63, 3.8) is 0 Å². The van der Waals surface area contributed by atoms with Gasteiger partial charge >= 0.3 is 0 Å². The molecule has 4 nitrogen and oxygen atoms in total. The van der Waals surface area contributed by atoms with Crippen LogP contribution in [0, 0.1) is 0 Å². The number of halogens is 2. The minimum atomic E-state index is 0. The van der Waals surface area contributed by atoms with Crippen molar-refractivity contribution >= 4 is 41.0 Å². The molecule has 0 spiro atoms. The molecule has 3 N–H and O–H groups in total. The molecule has 3 rings (SSSR count). The van der Waals surface area contributed by atoms with Crippen LogP contribution in [-0.4, -0.2) is 15.0 Å². The standard InChI is InChI=1S/C12H9ClN4.ClH/c13-8-6-9(14)15-12-10(8)16-11(17-12)7-4-2-1-3-5-7;/h1-6H,(H3,14,15,16,17);1H. The Balaban J connectivity index is 0.00000120. The summed E-state index contributed by atoms with van der Waals surface area (Å²) in [6, 6.07) is 11.4. The number of nitrogens with two attached hydrogens (primary N) is 1. The van der Waals surface area contributed by atoms with Crippen LogP contribution >= 0.6 is 24.0 Å². The third-order valence-corrected chi connectivity index (χ3v) is 2.78. The van der Waals surface area contributed by atoms with Gasteiger partial charge in [-0.05, 0) is 0 Å². The molecule has 0 fully saturated rings. The van der Waals surface area contributed by atoms with Crippen molar-refractivity contribution in [2.75, 3.05) is 5.73 Å². The zero-order chi connectivity index (χ0) is 11.8. The number of anilines is 1.